The minimum absolute atomic E-state index is 0.0758. The van der Waals surface area contributed by atoms with Gasteiger partial charge >= 0.3 is 0 Å². The van der Waals surface area contributed by atoms with Crippen molar-refractivity contribution in [3.05, 3.63) is 28.8 Å². The predicted molar refractivity (Wildman–Crippen MR) is 98.8 cm³/mol. The van der Waals surface area contributed by atoms with E-state index < -0.39 is 0 Å². The molecule has 1 aliphatic heterocycles. The number of carbonyl (C=O) groups excluding carboxylic acids is 2. The first-order valence-corrected chi connectivity index (χ1v) is 8.80. The van der Waals surface area contributed by atoms with Crippen LogP contribution >= 0.6 is 0 Å². The van der Waals surface area contributed by atoms with E-state index in [4.69, 9.17) is 4.74 Å². The Morgan fingerprint density at radius 3 is 2.32 bits per heavy atom. The summed E-state index contributed by atoms with van der Waals surface area (Å²) >= 11 is 0. The molecule has 0 saturated carbocycles. The van der Waals surface area contributed by atoms with Crippen molar-refractivity contribution < 1.29 is 14.3 Å². The fourth-order valence-corrected chi connectivity index (χ4v) is 3.16. The van der Waals surface area contributed by atoms with Gasteiger partial charge in [-0.05, 0) is 31.9 Å². The summed E-state index contributed by atoms with van der Waals surface area (Å²) < 4.78 is 5.33. The summed E-state index contributed by atoms with van der Waals surface area (Å²) in [4.78, 5) is 28.2. The summed E-state index contributed by atoms with van der Waals surface area (Å²) in [5.41, 5.74) is 4.08. The Balaban J connectivity index is 1.92. The summed E-state index contributed by atoms with van der Waals surface area (Å²) in [6.45, 7) is 12.1. The van der Waals surface area contributed by atoms with Gasteiger partial charge in [0.05, 0.1) is 19.8 Å². The number of nitrogens with one attached hydrogen (secondary N) is 1. The Morgan fingerprint density at radius 1 is 1.16 bits per heavy atom. The van der Waals surface area contributed by atoms with Crippen LogP contribution in [0, 0.1) is 20.8 Å². The molecule has 1 aliphatic rings. The molecule has 25 heavy (non-hydrogen) atoms. The van der Waals surface area contributed by atoms with Gasteiger partial charge in [-0.15, -0.1) is 0 Å². The van der Waals surface area contributed by atoms with Crippen LogP contribution in [0.5, 0.6) is 0 Å². The van der Waals surface area contributed by atoms with Crippen molar-refractivity contribution in [2.45, 2.75) is 27.7 Å². The average Bonchev–Trinajstić information content (AvgIpc) is 2.55. The Bertz CT molecular complexity index is 601. The number of nitrogens with zero attached hydrogens (tertiary/aromatic N) is 2. The number of rotatable bonds is 6. The summed E-state index contributed by atoms with van der Waals surface area (Å²) in [7, 11) is 0. The van der Waals surface area contributed by atoms with E-state index >= 15 is 0 Å². The smallest absolute Gasteiger partial charge is 0.244 e. The molecule has 1 N–H and O–H groups in total. The molecule has 0 aromatic heterocycles. The Morgan fingerprint density at radius 2 is 1.76 bits per heavy atom. The number of aryl methyl sites for hydroxylation is 3. The van der Waals surface area contributed by atoms with E-state index in [-0.39, 0.29) is 18.4 Å². The molecule has 1 saturated heterocycles. The first-order valence-electron chi connectivity index (χ1n) is 8.80. The molecule has 1 aromatic carbocycles. The lowest BCUT2D eigenvalue weighted by Crippen LogP contribution is -2.44. The fourth-order valence-electron chi connectivity index (χ4n) is 3.16. The zero-order chi connectivity index (χ0) is 18.4. The summed E-state index contributed by atoms with van der Waals surface area (Å²) in [5.74, 6) is -0.243. The number of hydrogen-bond acceptors (Lipinski definition) is 4. The van der Waals surface area contributed by atoms with Gasteiger partial charge in [0.1, 0.15) is 0 Å². The SMILES string of the molecule is CC(=O)N(CCN1CCOCC1)CC(=O)Nc1c(C)cc(C)cc1C. The van der Waals surface area contributed by atoms with Gasteiger partial charge in [0.25, 0.3) is 0 Å². The topological polar surface area (TPSA) is 61.9 Å². The Kier molecular flexibility index (Phi) is 6.96. The van der Waals surface area contributed by atoms with E-state index in [1.165, 1.54) is 12.5 Å². The lowest BCUT2D eigenvalue weighted by atomic mass is 10.1. The molecule has 0 spiro atoms. The van der Waals surface area contributed by atoms with Gasteiger partial charge in [-0.3, -0.25) is 14.5 Å². The van der Waals surface area contributed by atoms with E-state index in [9.17, 15) is 9.59 Å². The maximum Gasteiger partial charge on any atom is 0.244 e. The van der Waals surface area contributed by atoms with E-state index in [0.29, 0.717) is 6.54 Å². The molecule has 6 nitrogen and oxygen atoms in total. The third kappa shape index (κ3) is 5.83. The fraction of sp³-hybridized carbons (Fsp3) is 0.579. The number of anilines is 1. The van der Waals surface area contributed by atoms with Gasteiger partial charge in [0.2, 0.25) is 11.8 Å². The average molecular weight is 347 g/mol. The molecule has 0 aliphatic carbocycles. The minimum atomic E-state index is -0.160. The van der Waals surface area contributed by atoms with Crippen molar-refractivity contribution in [3.8, 4) is 0 Å². The monoisotopic (exact) mass is 347 g/mol. The van der Waals surface area contributed by atoms with Gasteiger partial charge in [0.15, 0.2) is 0 Å². The van der Waals surface area contributed by atoms with Gasteiger partial charge in [-0.25, -0.2) is 0 Å². The molecule has 0 atom stereocenters. The predicted octanol–water partition coefficient (Wildman–Crippen LogP) is 1.73. The molecule has 1 fully saturated rings. The van der Waals surface area contributed by atoms with Gasteiger partial charge < -0.3 is 15.0 Å². The van der Waals surface area contributed by atoms with Crippen molar-refractivity contribution in [1.82, 2.24) is 9.80 Å². The van der Waals surface area contributed by atoms with Crippen LogP contribution in [0.15, 0.2) is 12.1 Å². The van der Waals surface area contributed by atoms with Crippen LogP contribution in [-0.2, 0) is 14.3 Å². The highest BCUT2D eigenvalue weighted by atomic mass is 16.5. The summed E-state index contributed by atoms with van der Waals surface area (Å²) in [6.07, 6.45) is 0. The van der Waals surface area contributed by atoms with Crippen LogP contribution in [0.3, 0.4) is 0 Å². The molecule has 2 rings (SSSR count). The first-order chi connectivity index (χ1) is 11.9. The maximum atomic E-state index is 12.4. The van der Waals surface area contributed by atoms with E-state index in [2.05, 4.69) is 10.2 Å². The normalized spacial score (nSPS) is 15.0. The van der Waals surface area contributed by atoms with E-state index in [1.54, 1.807) is 4.90 Å². The second-order valence-electron chi connectivity index (χ2n) is 6.72. The number of amides is 2. The molecule has 6 heteroatoms. The molecule has 1 aromatic rings. The van der Waals surface area contributed by atoms with Crippen LogP contribution < -0.4 is 5.32 Å². The summed E-state index contributed by atoms with van der Waals surface area (Å²) in [5, 5.41) is 2.96. The second-order valence-corrected chi connectivity index (χ2v) is 6.72. The van der Waals surface area contributed by atoms with Crippen molar-refractivity contribution in [2.75, 3.05) is 51.3 Å². The minimum Gasteiger partial charge on any atom is -0.379 e. The molecular formula is C19H29N3O3. The van der Waals surface area contributed by atoms with E-state index in [0.717, 1.165) is 49.7 Å². The van der Waals surface area contributed by atoms with Crippen LogP contribution in [0.1, 0.15) is 23.6 Å². The highest BCUT2D eigenvalue weighted by molar-refractivity contribution is 5.95. The zero-order valence-electron chi connectivity index (χ0n) is 15.7. The highest BCUT2D eigenvalue weighted by Crippen LogP contribution is 2.21. The van der Waals surface area contributed by atoms with Crippen LogP contribution in [0.2, 0.25) is 0 Å². The molecule has 0 unspecified atom stereocenters. The second kappa shape index (κ2) is 8.97. The number of hydrogen-bond donors (Lipinski definition) is 1. The molecule has 0 bridgehead atoms. The number of ether oxygens (including phenoxy) is 1. The lowest BCUT2D eigenvalue weighted by molar-refractivity contribution is -0.133. The number of benzene rings is 1. The maximum absolute atomic E-state index is 12.4. The van der Waals surface area contributed by atoms with Crippen LogP contribution in [-0.4, -0.2) is 67.6 Å². The molecular weight excluding hydrogens is 318 g/mol. The van der Waals surface area contributed by atoms with Crippen molar-refractivity contribution in [2.24, 2.45) is 0 Å². The lowest BCUT2D eigenvalue weighted by Gasteiger charge is -2.29. The largest absolute Gasteiger partial charge is 0.379 e. The molecule has 0 radical (unpaired) electrons. The standard InChI is InChI=1S/C19H29N3O3/c1-14-11-15(2)19(16(3)12-14)20-18(24)13-22(17(4)23)6-5-21-7-9-25-10-8-21/h11-12H,5-10,13H2,1-4H3,(H,20,24). The highest BCUT2D eigenvalue weighted by Gasteiger charge is 2.17. The third-order valence-electron chi connectivity index (χ3n) is 4.51. The van der Waals surface area contributed by atoms with Gasteiger partial charge in [-0.1, -0.05) is 17.7 Å². The molecule has 1 heterocycles. The van der Waals surface area contributed by atoms with Gasteiger partial charge in [0, 0.05) is 38.8 Å². The van der Waals surface area contributed by atoms with Crippen LogP contribution in [0.4, 0.5) is 5.69 Å². The van der Waals surface area contributed by atoms with Crippen LogP contribution in [0.25, 0.3) is 0 Å². The van der Waals surface area contributed by atoms with Crippen molar-refractivity contribution >= 4 is 17.5 Å². The van der Waals surface area contributed by atoms with E-state index in [1.807, 2.05) is 32.9 Å². The Labute approximate surface area is 150 Å². The Hall–Kier alpha value is -1.92. The molecule has 2 amide bonds. The zero-order valence-corrected chi connectivity index (χ0v) is 15.7. The molecule has 138 valence electrons. The van der Waals surface area contributed by atoms with Crippen molar-refractivity contribution in [3.63, 3.8) is 0 Å². The number of morpholine rings is 1. The quantitative estimate of drug-likeness (QED) is 0.851. The van der Waals surface area contributed by atoms with Crippen molar-refractivity contribution in [1.29, 1.82) is 0 Å². The number of carbonyl (C=O) groups is 2. The van der Waals surface area contributed by atoms with Gasteiger partial charge in [-0.2, -0.15) is 0 Å². The summed E-state index contributed by atoms with van der Waals surface area (Å²) in [6, 6.07) is 4.09. The third-order valence-corrected chi connectivity index (χ3v) is 4.51. The first kappa shape index (κ1) is 19.4.